The molecule has 0 aliphatic heterocycles. The van der Waals surface area contributed by atoms with Crippen molar-refractivity contribution in [2.45, 2.75) is 0 Å². The number of nitrogens with two attached hydrogens (primary N) is 1. The van der Waals surface area contributed by atoms with Crippen LogP contribution in [-0.4, -0.2) is 16.5 Å². The maximum atomic E-state index is 12.3. The van der Waals surface area contributed by atoms with E-state index in [-0.39, 0.29) is 33.8 Å². The molecule has 0 heterocycles. The monoisotopic (exact) mass is 268 g/mol. The van der Waals surface area contributed by atoms with Crippen molar-refractivity contribution in [2.24, 2.45) is 0 Å². The Morgan fingerprint density at radius 2 is 1.40 bits per heavy atom. The number of hydrogen-bond acceptors (Lipinski definition) is 5. The summed E-state index contributed by atoms with van der Waals surface area (Å²) in [5.74, 6) is -0.755. The summed E-state index contributed by atoms with van der Waals surface area (Å²) in [5, 5.41) is 10.9. The fourth-order valence-corrected chi connectivity index (χ4v) is 2.31. The predicted molar refractivity (Wildman–Crippen MR) is 70.8 cm³/mol. The third kappa shape index (κ3) is 1.51. The molecule has 0 radical (unpaired) electrons. The van der Waals surface area contributed by atoms with Gasteiger partial charge in [0.25, 0.3) is 5.69 Å². The smallest absolute Gasteiger partial charge is 0.292 e. The van der Waals surface area contributed by atoms with Crippen LogP contribution in [0.3, 0.4) is 0 Å². The second-order valence-electron chi connectivity index (χ2n) is 4.42. The normalized spacial score (nSPS) is 12.8. The van der Waals surface area contributed by atoms with E-state index in [1.54, 1.807) is 18.2 Å². The number of nitrogens with zero attached hydrogens (tertiary/aromatic N) is 1. The first-order valence-corrected chi connectivity index (χ1v) is 5.77. The van der Waals surface area contributed by atoms with Crippen LogP contribution in [0.25, 0.3) is 0 Å². The van der Waals surface area contributed by atoms with Crippen molar-refractivity contribution in [2.75, 3.05) is 5.73 Å². The Bertz CT molecular complexity index is 796. The maximum absolute atomic E-state index is 12.3. The second-order valence-corrected chi connectivity index (χ2v) is 4.42. The lowest BCUT2D eigenvalue weighted by Gasteiger charge is -2.17. The topological polar surface area (TPSA) is 103 Å². The van der Waals surface area contributed by atoms with E-state index in [2.05, 4.69) is 0 Å². The number of nitrogen functional groups attached to an aromatic ring is 1. The van der Waals surface area contributed by atoms with Crippen molar-refractivity contribution < 1.29 is 14.5 Å². The quantitative estimate of drug-likeness (QED) is 0.412. The van der Waals surface area contributed by atoms with E-state index < -0.39 is 10.7 Å². The van der Waals surface area contributed by atoms with Gasteiger partial charge in [-0.05, 0) is 6.07 Å². The Morgan fingerprint density at radius 1 is 0.900 bits per heavy atom. The summed E-state index contributed by atoms with van der Waals surface area (Å²) in [6.07, 6.45) is 0. The van der Waals surface area contributed by atoms with Gasteiger partial charge in [0.2, 0.25) is 0 Å². The SMILES string of the molecule is Nc1cc2c(cc1[N+](=O)[O-])C(=O)c1ccccc1C2=O. The molecule has 0 spiro atoms. The molecule has 0 fully saturated rings. The first-order chi connectivity index (χ1) is 9.50. The number of nitro groups is 1. The highest BCUT2D eigenvalue weighted by Crippen LogP contribution is 2.33. The molecular weight excluding hydrogens is 260 g/mol. The van der Waals surface area contributed by atoms with E-state index in [1.165, 1.54) is 12.1 Å². The molecule has 6 heteroatoms. The lowest BCUT2D eigenvalue weighted by atomic mass is 9.83. The Balaban J connectivity index is 2.31. The molecule has 1 aliphatic carbocycles. The summed E-state index contributed by atoms with van der Waals surface area (Å²) < 4.78 is 0. The zero-order chi connectivity index (χ0) is 14.4. The summed E-state index contributed by atoms with van der Waals surface area (Å²) in [6.45, 7) is 0. The van der Waals surface area contributed by atoms with Gasteiger partial charge in [-0.3, -0.25) is 19.7 Å². The fraction of sp³-hybridized carbons (Fsp3) is 0. The molecule has 0 atom stereocenters. The average Bonchev–Trinajstić information content (AvgIpc) is 2.44. The second kappa shape index (κ2) is 3.99. The molecule has 20 heavy (non-hydrogen) atoms. The van der Waals surface area contributed by atoms with E-state index in [0.717, 1.165) is 6.07 Å². The molecule has 0 amide bonds. The van der Waals surface area contributed by atoms with Crippen LogP contribution < -0.4 is 5.73 Å². The van der Waals surface area contributed by atoms with Gasteiger partial charge in [-0.2, -0.15) is 0 Å². The van der Waals surface area contributed by atoms with Gasteiger partial charge in [-0.15, -0.1) is 0 Å². The largest absolute Gasteiger partial charge is 0.393 e. The first kappa shape index (κ1) is 12.0. The number of carbonyl (C=O) groups is 2. The molecule has 1 aliphatic rings. The van der Waals surface area contributed by atoms with Crippen LogP contribution in [0.15, 0.2) is 36.4 Å². The minimum absolute atomic E-state index is 0.0228. The van der Waals surface area contributed by atoms with Crippen molar-refractivity contribution in [3.63, 3.8) is 0 Å². The standard InChI is InChI=1S/C14H8N2O4/c15-11-5-9-10(6-12(11)16(19)20)14(18)8-4-2-1-3-7(8)13(9)17/h1-6H,15H2. The van der Waals surface area contributed by atoms with Crippen LogP contribution in [0, 0.1) is 10.1 Å². The van der Waals surface area contributed by atoms with E-state index in [0.29, 0.717) is 5.56 Å². The minimum atomic E-state index is -0.673. The van der Waals surface area contributed by atoms with Crippen LogP contribution >= 0.6 is 0 Å². The molecular formula is C14H8N2O4. The van der Waals surface area contributed by atoms with Crippen LogP contribution in [0.5, 0.6) is 0 Å². The molecule has 0 unspecified atom stereocenters. The average molecular weight is 268 g/mol. The molecule has 2 N–H and O–H groups in total. The molecule has 3 rings (SSSR count). The number of fused-ring (bicyclic) bond motifs is 2. The highest BCUT2D eigenvalue weighted by atomic mass is 16.6. The molecule has 0 saturated carbocycles. The summed E-state index contributed by atoms with van der Waals surface area (Å²) in [7, 11) is 0. The molecule has 98 valence electrons. The molecule has 2 aromatic carbocycles. The predicted octanol–water partition coefficient (Wildman–Crippen LogP) is 1.95. The summed E-state index contributed by atoms with van der Waals surface area (Å²) in [5.41, 5.74) is 5.74. The van der Waals surface area contributed by atoms with Crippen molar-refractivity contribution >= 4 is 22.9 Å². The van der Waals surface area contributed by atoms with Gasteiger partial charge < -0.3 is 5.73 Å². The third-order valence-electron chi connectivity index (χ3n) is 3.27. The van der Waals surface area contributed by atoms with Gasteiger partial charge in [-0.1, -0.05) is 24.3 Å². The lowest BCUT2D eigenvalue weighted by molar-refractivity contribution is -0.383. The molecule has 6 nitrogen and oxygen atoms in total. The Morgan fingerprint density at radius 3 is 1.90 bits per heavy atom. The third-order valence-corrected chi connectivity index (χ3v) is 3.27. The summed E-state index contributed by atoms with van der Waals surface area (Å²) >= 11 is 0. The van der Waals surface area contributed by atoms with E-state index in [9.17, 15) is 19.7 Å². The number of hydrogen-bond donors (Lipinski definition) is 1. The van der Waals surface area contributed by atoms with Crippen molar-refractivity contribution in [3.8, 4) is 0 Å². The lowest BCUT2D eigenvalue weighted by Crippen LogP contribution is -2.21. The molecule has 0 bridgehead atoms. The number of ketones is 2. The van der Waals surface area contributed by atoms with Gasteiger partial charge >= 0.3 is 0 Å². The molecule has 2 aromatic rings. The Kier molecular flexibility index (Phi) is 2.40. The minimum Gasteiger partial charge on any atom is -0.393 e. The number of anilines is 1. The van der Waals surface area contributed by atoms with Gasteiger partial charge in [-0.25, -0.2) is 0 Å². The Hall–Kier alpha value is -3.02. The highest BCUT2D eigenvalue weighted by molar-refractivity contribution is 6.28. The Labute approximate surface area is 113 Å². The fourth-order valence-electron chi connectivity index (χ4n) is 2.31. The summed E-state index contributed by atoms with van der Waals surface area (Å²) in [4.78, 5) is 34.8. The number of rotatable bonds is 1. The van der Waals surface area contributed by atoms with Crippen molar-refractivity contribution in [1.82, 2.24) is 0 Å². The maximum Gasteiger partial charge on any atom is 0.292 e. The van der Waals surface area contributed by atoms with Gasteiger partial charge in [0.05, 0.1) is 4.92 Å². The van der Waals surface area contributed by atoms with Crippen LogP contribution in [0.2, 0.25) is 0 Å². The van der Waals surface area contributed by atoms with Crippen LogP contribution in [0.1, 0.15) is 31.8 Å². The van der Waals surface area contributed by atoms with Gasteiger partial charge in [0.1, 0.15) is 5.69 Å². The summed E-state index contributed by atoms with van der Waals surface area (Å²) in [6, 6.07) is 8.64. The number of benzene rings is 2. The van der Waals surface area contributed by atoms with Gasteiger partial charge in [0.15, 0.2) is 11.6 Å². The zero-order valence-corrected chi connectivity index (χ0v) is 10.1. The molecule has 0 aromatic heterocycles. The van der Waals surface area contributed by atoms with Crippen molar-refractivity contribution in [3.05, 3.63) is 68.8 Å². The number of nitro benzene ring substituents is 1. The van der Waals surface area contributed by atoms with Crippen LogP contribution in [0.4, 0.5) is 11.4 Å². The van der Waals surface area contributed by atoms with E-state index >= 15 is 0 Å². The van der Waals surface area contributed by atoms with Crippen LogP contribution in [-0.2, 0) is 0 Å². The van der Waals surface area contributed by atoms with Gasteiger partial charge in [0, 0.05) is 28.3 Å². The molecule has 0 saturated heterocycles. The number of carbonyl (C=O) groups excluding carboxylic acids is 2. The zero-order valence-electron chi connectivity index (χ0n) is 10.1. The van der Waals surface area contributed by atoms with E-state index in [4.69, 9.17) is 5.73 Å². The highest BCUT2D eigenvalue weighted by Gasteiger charge is 2.32. The van der Waals surface area contributed by atoms with Crippen molar-refractivity contribution in [1.29, 1.82) is 0 Å². The van der Waals surface area contributed by atoms with E-state index in [1.807, 2.05) is 0 Å². The first-order valence-electron chi connectivity index (χ1n) is 5.77.